The van der Waals surface area contributed by atoms with Crippen LogP contribution in [0.4, 0.5) is 0 Å². The number of nitrogens with one attached hydrogen (secondary N) is 1. The van der Waals surface area contributed by atoms with Crippen LogP contribution in [0.25, 0.3) is 11.2 Å². The Labute approximate surface area is 61.9 Å². The summed E-state index contributed by atoms with van der Waals surface area (Å²) in [6.45, 7) is 1.73. The molecule has 0 saturated carbocycles. The predicted molar refractivity (Wildman–Crippen MR) is 39.4 cm³/mol. The molecule has 0 amide bonds. The zero-order chi connectivity index (χ0) is 7.84. The normalized spacial score (nSPS) is 10.6. The number of oxazole rings is 1. The second-order valence-electron chi connectivity index (χ2n) is 2.27. The number of nitrogens with zero attached hydrogens (tertiary/aromatic N) is 1. The number of aromatic nitrogens is 2. The predicted octanol–water partition coefficient (Wildman–Crippen LogP) is 0.825. The molecule has 1 N–H and O–H groups in total. The van der Waals surface area contributed by atoms with Crippen molar-refractivity contribution in [3.05, 3.63) is 28.4 Å². The van der Waals surface area contributed by atoms with Crippen molar-refractivity contribution in [2.24, 2.45) is 0 Å². The number of H-pyrrole nitrogens is 1. The molecule has 2 aromatic rings. The Balaban J connectivity index is 2.92. The molecule has 0 aromatic carbocycles. The van der Waals surface area contributed by atoms with Gasteiger partial charge in [-0.05, 0) is 6.07 Å². The lowest BCUT2D eigenvalue weighted by molar-refractivity contribution is 0.561. The van der Waals surface area contributed by atoms with Crippen molar-refractivity contribution >= 4 is 11.2 Å². The van der Waals surface area contributed by atoms with E-state index in [1.54, 1.807) is 13.0 Å². The van der Waals surface area contributed by atoms with E-state index >= 15 is 0 Å². The van der Waals surface area contributed by atoms with Crippen LogP contribution in [0.5, 0.6) is 0 Å². The molecule has 4 nitrogen and oxygen atoms in total. The van der Waals surface area contributed by atoms with E-state index in [4.69, 9.17) is 4.42 Å². The Bertz CT molecular complexity index is 441. The standard InChI is InChI=1S/C7H6N2O2/c1-4-8-7-5(11-4)2-3-6(10)9-7/h2-3H,1H3,(H,9,10). The molecule has 0 spiro atoms. The van der Waals surface area contributed by atoms with Crippen molar-refractivity contribution in [1.82, 2.24) is 9.97 Å². The highest BCUT2D eigenvalue weighted by Crippen LogP contribution is 2.08. The Morgan fingerprint density at radius 1 is 1.55 bits per heavy atom. The van der Waals surface area contributed by atoms with Gasteiger partial charge in [-0.3, -0.25) is 4.79 Å². The highest BCUT2D eigenvalue weighted by Gasteiger charge is 2.00. The van der Waals surface area contributed by atoms with E-state index in [2.05, 4.69) is 9.97 Å². The molecule has 11 heavy (non-hydrogen) atoms. The van der Waals surface area contributed by atoms with Crippen LogP contribution in [0.15, 0.2) is 21.3 Å². The summed E-state index contributed by atoms with van der Waals surface area (Å²) in [5, 5.41) is 0. The average molecular weight is 150 g/mol. The Morgan fingerprint density at radius 3 is 3.18 bits per heavy atom. The van der Waals surface area contributed by atoms with Gasteiger partial charge in [0.1, 0.15) is 0 Å². The fourth-order valence-corrected chi connectivity index (χ4v) is 0.955. The number of hydrogen-bond acceptors (Lipinski definition) is 3. The lowest BCUT2D eigenvalue weighted by Crippen LogP contribution is -2.01. The first-order valence-electron chi connectivity index (χ1n) is 3.22. The first-order valence-corrected chi connectivity index (χ1v) is 3.22. The summed E-state index contributed by atoms with van der Waals surface area (Å²) in [5.41, 5.74) is 0.961. The second kappa shape index (κ2) is 1.95. The first kappa shape index (κ1) is 6.15. The van der Waals surface area contributed by atoms with Crippen molar-refractivity contribution in [1.29, 1.82) is 0 Å². The van der Waals surface area contributed by atoms with Gasteiger partial charge in [0.2, 0.25) is 5.56 Å². The van der Waals surface area contributed by atoms with E-state index in [0.717, 1.165) is 0 Å². The summed E-state index contributed by atoms with van der Waals surface area (Å²) in [5.74, 6) is 0.557. The van der Waals surface area contributed by atoms with Gasteiger partial charge in [-0.15, -0.1) is 0 Å². The molecule has 0 atom stereocenters. The summed E-state index contributed by atoms with van der Waals surface area (Å²) in [6.07, 6.45) is 0. The van der Waals surface area contributed by atoms with E-state index in [-0.39, 0.29) is 5.56 Å². The maximum absolute atomic E-state index is 10.8. The average Bonchev–Trinajstić information content (AvgIpc) is 2.27. The number of pyridine rings is 1. The van der Waals surface area contributed by atoms with Gasteiger partial charge in [-0.25, -0.2) is 0 Å². The van der Waals surface area contributed by atoms with Crippen LogP contribution >= 0.6 is 0 Å². The third-order valence-electron chi connectivity index (χ3n) is 1.39. The van der Waals surface area contributed by atoms with Crippen molar-refractivity contribution < 1.29 is 4.42 Å². The summed E-state index contributed by atoms with van der Waals surface area (Å²) in [4.78, 5) is 17.3. The number of rotatable bonds is 0. The third-order valence-corrected chi connectivity index (χ3v) is 1.39. The monoisotopic (exact) mass is 150 g/mol. The molecule has 0 saturated heterocycles. The molecule has 0 bridgehead atoms. The van der Waals surface area contributed by atoms with Crippen molar-refractivity contribution in [2.45, 2.75) is 6.92 Å². The minimum absolute atomic E-state index is 0.161. The van der Waals surface area contributed by atoms with Crippen molar-refractivity contribution in [3.8, 4) is 0 Å². The molecule has 0 unspecified atom stereocenters. The molecule has 2 rings (SSSR count). The maximum atomic E-state index is 10.8. The van der Waals surface area contributed by atoms with Gasteiger partial charge in [0, 0.05) is 13.0 Å². The largest absolute Gasteiger partial charge is 0.439 e. The van der Waals surface area contributed by atoms with E-state index in [1.807, 2.05) is 0 Å². The molecule has 0 radical (unpaired) electrons. The minimum atomic E-state index is -0.161. The molecule has 56 valence electrons. The summed E-state index contributed by atoms with van der Waals surface area (Å²) < 4.78 is 5.14. The van der Waals surface area contributed by atoms with Crippen LogP contribution in [0, 0.1) is 6.92 Å². The molecule has 0 aliphatic carbocycles. The van der Waals surface area contributed by atoms with Crippen molar-refractivity contribution in [2.75, 3.05) is 0 Å². The van der Waals surface area contributed by atoms with Gasteiger partial charge in [-0.2, -0.15) is 4.98 Å². The highest BCUT2D eigenvalue weighted by molar-refractivity contribution is 5.66. The van der Waals surface area contributed by atoms with Gasteiger partial charge in [-0.1, -0.05) is 0 Å². The molecule has 0 fully saturated rings. The molecular formula is C7H6N2O2. The van der Waals surface area contributed by atoms with Crippen LogP contribution in [-0.2, 0) is 0 Å². The summed E-state index contributed by atoms with van der Waals surface area (Å²) >= 11 is 0. The molecule has 0 aliphatic heterocycles. The lowest BCUT2D eigenvalue weighted by atomic mass is 10.5. The number of fused-ring (bicyclic) bond motifs is 1. The van der Waals surface area contributed by atoms with E-state index in [1.165, 1.54) is 6.07 Å². The minimum Gasteiger partial charge on any atom is -0.439 e. The van der Waals surface area contributed by atoms with Crippen LogP contribution in [0.2, 0.25) is 0 Å². The molecule has 2 aromatic heterocycles. The van der Waals surface area contributed by atoms with Gasteiger partial charge >= 0.3 is 0 Å². The number of aromatic amines is 1. The summed E-state index contributed by atoms with van der Waals surface area (Å²) in [6, 6.07) is 3.01. The number of aryl methyl sites for hydroxylation is 1. The molecule has 4 heteroatoms. The van der Waals surface area contributed by atoms with E-state index in [9.17, 15) is 4.79 Å². The summed E-state index contributed by atoms with van der Waals surface area (Å²) in [7, 11) is 0. The zero-order valence-electron chi connectivity index (χ0n) is 5.92. The van der Waals surface area contributed by atoms with E-state index in [0.29, 0.717) is 17.1 Å². The maximum Gasteiger partial charge on any atom is 0.249 e. The van der Waals surface area contributed by atoms with Crippen LogP contribution in [0.3, 0.4) is 0 Å². The van der Waals surface area contributed by atoms with Crippen LogP contribution < -0.4 is 5.56 Å². The molecule has 0 aliphatic rings. The third kappa shape index (κ3) is 0.920. The molecule has 2 heterocycles. The smallest absolute Gasteiger partial charge is 0.249 e. The Kier molecular flexibility index (Phi) is 1.09. The highest BCUT2D eigenvalue weighted by atomic mass is 16.3. The second-order valence-corrected chi connectivity index (χ2v) is 2.27. The number of hydrogen-bond donors (Lipinski definition) is 1. The quantitative estimate of drug-likeness (QED) is 0.604. The van der Waals surface area contributed by atoms with Crippen molar-refractivity contribution in [3.63, 3.8) is 0 Å². The SMILES string of the molecule is Cc1nc2[nH]c(=O)ccc2o1. The van der Waals surface area contributed by atoms with Crippen LogP contribution in [-0.4, -0.2) is 9.97 Å². The Hall–Kier alpha value is -1.58. The molecular weight excluding hydrogens is 144 g/mol. The zero-order valence-corrected chi connectivity index (χ0v) is 5.92. The fraction of sp³-hybridized carbons (Fsp3) is 0.143. The lowest BCUT2D eigenvalue weighted by Gasteiger charge is -1.81. The van der Waals surface area contributed by atoms with Gasteiger partial charge < -0.3 is 9.40 Å². The fourth-order valence-electron chi connectivity index (χ4n) is 0.955. The van der Waals surface area contributed by atoms with E-state index < -0.39 is 0 Å². The van der Waals surface area contributed by atoms with Gasteiger partial charge in [0.15, 0.2) is 17.1 Å². The Morgan fingerprint density at radius 2 is 2.36 bits per heavy atom. The topological polar surface area (TPSA) is 58.9 Å². The first-order chi connectivity index (χ1) is 5.25. The van der Waals surface area contributed by atoms with Crippen LogP contribution in [0.1, 0.15) is 5.89 Å². The van der Waals surface area contributed by atoms with Gasteiger partial charge in [0.05, 0.1) is 0 Å². The van der Waals surface area contributed by atoms with Gasteiger partial charge in [0.25, 0.3) is 0 Å².